The lowest BCUT2D eigenvalue weighted by Gasteiger charge is -2.38. The number of nitrogens with one attached hydrogen (secondary N) is 1. The second-order valence-electron chi connectivity index (χ2n) is 13.4. The molecule has 0 radical (unpaired) electrons. The molecule has 8 nitrogen and oxygen atoms in total. The van der Waals surface area contributed by atoms with Gasteiger partial charge in [-0.2, -0.15) is 0 Å². The molecule has 2 heterocycles. The number of rotatable bonds is 7. The third-order valence-electron chi connectivity index (χ3n) is 6.68. The van der Waals surface area contributed by atoms with Gasteiger partial charge in [-0.15, -0.1) is 0 Å². The number of ether oxygens (including phenoxy) is 4. The Bertz CT molecular complexity index is 956. The zero-order valence-corrected chi connectivity index (χ0v) is 24.1. The monoisotopic (exact) mass is 518 g/mol. The first-order valence-corrected chi connectivity index (χ1v) is 13.5. The predicted octanol–water partition coefficient (Wildman–Crippen LogP) is 5.96. The summed E-state index contributed by atoms with van der Waals surface area (Å²) >= 11 is 0. The highest BCUT2D eigenvalue weighted by molar-refractivity contribution is 5.84. The lowest BCUT2D eigenvalue weighted by molar-refractivity contribution is -0.171. The standard InChI is InChI=1S/C29H46N2O6/c1-19-10-12-21(13-11-19)34-22-14-15-30-20(16-22)17-29(24(32)35-28(8,9)37-29)23(18-26(2,3)4)31-25(33)36-27(5,6)7/h14-16,19,21,23H,10-13,17-18H2,1-9H3,(H,31,33)/t19-,21-,23-,29+/m0/s1. The Morgan fingerprint density at radius 3 is 2.35 bits per heavy atom. The van der Waals surface area contributed by atoms with Gasteiger partial charge in [0.1, 0.15) is 11.4 Å². The van der Waals surface area contributed by atoms with Crippen molar-refractivity contribution in [3.05, 3.63) is 24.0 Å². The predicted molar refractivity (Wildman–Crippen MR) is 141 cm³/mol. The van der Waals surface area contributed by atoms with Gasteiger partial charge >= 0.3 is 12.1 Å². The van der Waals surface area contributed by atoms with E-state index in [-0.39, 0.29) is 17.9 Å². The molecule has 2 fully saturated rings. The molecule has 1 aliphatic carbocycles. The number of carbonyl (C=O) groups excluding carboxylic acids is 2. The van der Waals surface area contributed by atoms with Crippen LogP contribution in [0.1, 0.15) is 100 Å². The Hall–Kier alpha value is -2.35. The molecule has 2 atom stereocenters. The lowest BCUT2D eigenvalue weighted by atomic mass is 9.78. The minimum absolute atomic E-state index is 0.116. The van der Waals surface area contributed by atoms with Crippen molar-refractivity contribution in [1.29, 1.82) is 0 Å². The Balaban J connectivity index is 1.92. The second-order valence-corrected chi connectivity index (χ2v) is 13.4. The van der Waals surface area contributed by atoms with Gasteiger partial charge in [-0.05, 0) is 70.3 Å². The van der Waals surface area contributed by atoms with Crippen molar-refractivity contribution in [2.24, 2.45) is 11.3 Å². The molecule has 0 spiro atoms. The Morgan fingerprint density at radius 2 is 1.81 bits per heavy atom. The topological polar surface area (TPSA) is 96.0 Å². The first-order chi connectivity index (χ1) is 17.0. The molecule has 1 saturated heterocycles. The molecule has 208 valence electrons. The number of cyclic esters (lactones) is 1. The van der Waals surface area contributed by atoms with Crippen LogP contribution in [-0.2, 0) is 25.4 Å². The van der Waals surface area contributed by atoms with E-state index in [4.69, 9.17) is 18.9 Å². The number of esters is 1. The molecule has 37 heavy (non-hydrogen) atoms. The van der Waals surface area contributed by atoms with E-state index in [1.165, 1.54) is 0 Å². The normalized spacial score (nSPS) is 26.8. The number of aromatic nitrogens is 1. The molecule has 1 aliphatic heterocycles. The SMILES string of the molecule is CC(C)(C)C[C@H](NC(=O)OC(C)(C)C)[C@@]1(Cc2cc(O[C@H]3CC[C@H](C)CC3)ccn2)OC(C)(C)OC1=O. The average Bonchev–Trinajstić information content (AvgIpc) is 2.95. The lowest BCUT2D eigenvalue weighted by Crippen LogP contribution is -2.60. The van der Waals surface area contributed by atoms with Gasteiger partial charge in [0, 0.05) is 38.2 Å². The van der Waals surface area contributed by atoms with Crippen LogP contribution in [0.25, 0.3) is 0 Å². The maximum atomic E-state index is 13.5. The molecule has 1 aromatic heterocycles. The van der Waals surface area contributed by atoms with Crippen molar-refractivity contribution in [2.45, 2.75) is 130 Å². The van der Waals surface area contributed by atoms with E-state index in [0.717, 1.165) is 37.4 Å². The smallest absolute Gasteiger partial charge is 0.407 e. The molecule has 1 amide bonds. The van der Waals surface area contributed by atoms with Crippen molar-refractivity contribution in [3.8, 4) is 5.75 Å². The van der Waals surface area contributed by atoms with Gasteiger partial charge in [-0.1, -0.05) is 27.7 Å². The van der Waals surface area contributed by atoms with Gasteiger partial charge in [0.05, 0.1) is 12.1 Å². The first-order valence-electron chi connectivity index (χ1n) is 13.5. The van der Waals surface area contributed by atoms with Crippen LogP contribution < -0.4 is 10.1 Å². The van der Waals surface area contributed by atoms with Gasteiger partial charge in [0.25, 0.3) is 0 Å². The highest BCUT2D eigenvalue weighted by Gasteiger charge is 2.60. The van der Waals surface area contributed by atoms with Gasteiger partial charge in [-0.3, -0.25) is 4.98 Å². The van der Waals surface area contributed by atoms with Crippen LogP contribution in [0.5, 0.6) is 5.75 Å². The summed E-state index contributed by atoms with van der Waals surface area (Å²) in [5, 5.41) is 2.94. The van der Waals surface area contributed by atoms with Gasteiger partial charge < -0.3 is 24.3 Å². The summed E-state index contributed by atoms with van der Waals surface area (Å²) < 4.78 is 23.9. The molecule has 1 N–H and O–H groups in total. The van der Waals surface area contributed by atoms with Gasteiger partial charge in [0.2, 0.25) is 5.79 Å². The average molecular weight is 519 g/mol. The fourth-order valence-corrected chi connectivity index (χ4v) is 5.09. The molecule has 1 aromatic rings. The third kappa shape index (κ3) is 8.32. The Morgan fingerprint density at radius 1 is 1.16 bits per heavy atom. The molecular weight excluding hydrogens is 472 g/mol. The molecule has 0 unspecified atom stereocenters. The van der Waals surface area contributed by atoms with Crippen LogP contribution in [0, 0.1) is 11.3 Å². The molecule has 2 aliphatic rings. The maximum absolute atomic E-state index is 13.5. The number of amides is 1. The van der Waals surface area contributed by atoms with Crippen molar-refractivity contribution in [3.63, 3.8) is 0 Å². The number of carbonyl (C=O) groups is 2. The van der Waals surface area contributed by atoms with Crippen LogP contribution in [-0.4, -0.2) is 46.2 Å². The molecule has 8 heteroatoms. The number of hydrogen-bond acceptors (Lipinski definition) is 7. The van der Waals surface area contributed by atoms with E-state index in [0.29, 0.717) is 12.1 Å². The number of pyridine rings is 1. The zero-order chi connectivity index (χ0) is 27.6. The van der Waals surface area contributed by atoms with E-state index >= 15 is 0 Å². The molecule has 0 aromatic carbocycles. The first kappa shape index (κ1) is 29.2. The van der Waals surface area contributed by atoms with E-state index in [1.54, 1.807) is 40.8 Å². The second kappa shape index (κ2) is 10.8. The number of hydrogen-bond donors (Lipinski definition) is 1. The van der Waals surface area contributed by atoms with Gasteiger partial charge in [0.15, 0.2) is 5.60 Å². The highest BCUT2D eigenvalue weighted by Crippen LogP contribution is 2.41. The van der Waals surface area contributed by atoms with Crippen molar-refractivity contribution in [1.82, 2.24) is 10.3 Å². The molecule has 1 saturated carbocycles. The summed E-state index contributed by atoms with van der Waals surface area (Å²) in [6.45, 7) is 17.2. The zero-order valence-electron chi connectivity index (χ0n) is 24.1. The fourth-order valence-electron chi connectivity index (χ4n) is 5.09. The van der Waals surface area contributed by atoms with Gasteiger partial charge in [-0.25, -0.2) is 9.59 Å². The summed E-state index contributed by atoms with van der Waals surface area (Å²) in [5.41, 5.74) is -1.79. The van der Waals surface area contributed by atoms with Crippen LogP contribution in [0.15, 0.2) is 18.3 Å². The number of nitrogens with zero attached hydrogens (tertiary/aromatic N) is 1. The summed E-state index contributed by atoms with van der Waals surface area (Å²) in [4.78, 5) is 31.0. The van der Waals surface area contributed by atoms with Crippen molar-refractivity contribution in [2.75, 3.05) is 0 Å². The fraction of sp³-hybridized carbons (Fsp3) is 0.759. The molecule has 0 bridgehead atoms. The largest absolute Gasteiger partial charge is 0.490 e. The highest BCUT2D eigenvalue weighted by atomic mass is 16.8. The Labute approximate surface area is 222 Å². The van der Waals surface area contributed by atoms with E-state index in [9.17, 15) is 9.59 Å². The van der Waals surface area contributed by atoms with E-state index in [1.807, 2.05) is 32.9 Å². The summed E-state index contributed by atoms with van der Waals surface area (Å²) in [6, 6.07) is 2.99. The third-order valence-corrected chi connectivity index (χ3v) is 6.68. The van der Waals surface area contributed by atoms with Crippen molar-refractivity contribution >= 4 is 12.1 Å². The van der Waals surface area contributed by atoms with Crippen LogP contribution >= 0.6 is 0 Å². The maximum Gasteiger partial charge on any atom is 0.407 e. The minimum Gasteiger partial charge on any atom is -0.490 e. The molecule has 3 rings (SSSR count). The quantitative estimate of drug-likeness (QED) is 0.445. The number of alkyl carbamates (subject to hydrolysis) is 1. The Kier molecular flexibility index (Phi) is 8.52. The minimum atomic E-state index is -1.49. The van der Waals surface area contributed by atoms with E-state index < -0.39 is 35.1 Å². The van der Waals surface area contributed by atoms with Crippen LogP contribution in [0.4, 0.5) is 4.79 Å². The van der Waals surface area contributed by atoms with Crippen molar-refractivity contribution < 1.29 is 28.5 Å². The summed E-state index contributed by atoms with van der Waals surface area (Å²) in [7, 11) is 0. The van der Waals surface area contributed by atoms with Crippen LogP contribution in [0.2, 0.25) is 0 Å². The van der Waals surface area contributed by atoms with E-state index in [2.05, 4.69) is 17.2 Å². The van der Waals surface area contributed by atoms with Crippen LogP contribution in [0.3, 0.4) is 0 Å². The summed E-state index contributed by atoms with van der Waals surface area (Å²) in [5.74, 6) is -0.232. The summed E-state index contributed by atoms with van der Waals surface area (Å²) in [6.07, 6.45) is 6.19. The molecular formula is C29H46N2O6.